The molecule has 0 spiro atoms. The lowest BCUT2D eigenvalue weighted by molar-refractivity contribution is 0.277. The smallest absolute Gasteiger partial charge is 0.142 e. The minimum absolute atomic E-state index is 0.0244. The van der Waals surface area contributed by atoms with Gasteiger partial charge in [-0.15, -0.1) is 0 Å². The molecule has 15 heavy (non-hydrogen) atoms. The highest BCUT2D eigenvalue weighted by atomic mass is 35.5. The quantitative estimate of drug-likeness (QED) is 0.826. The molecule has 2 rings (SSSR count). The van der Waals surface area contributed by atoms with E-state index >= 15 is 0 Å². The van der Waals surface area contributed by atoms with Gasteiger partial charge in [-0.2, -0.15) is 0 Å². The largest absolute Gasteiger partial charge is 0.390 e. The van der Waals surface area contributed by atoms with E-state index in [2.05, 4.69) is 9.97 Å². The van der Waals surface area contributed by atoms with E-state index in [1.807, 2.05) is 0 Å². The van der Waals surface area contributed by atoms with Gasteiger partial charge in [-0.05, 0) is 12.1 Å². The van der Waals surface area contributed by atoms with Crippen molar-refractivity contribution >= 4 is 11.6 Å². The molecule has 78 valence electrons. The Morgan fingerprint density at radius 2 is 2.27 bits per heavy atom. The summed E-state index contributed by atoms with van der Waals surface area (Å²) in [6.07, 6.45) is 1.48. The SMILES string of the molecule is OCc1cnc(-c2cccc(F)c2Cl)[nH]1. The molecule has 2 N–H and O–H groups in total. The van der Waals surface area contributed by atoms with Gasteiger partial charge in [0.25, 0.3) is 0 Å². The predicted octanol–water partition coefficient (Wildman–Crippen LogP) is 2.36. The number of aromatic amines is 1. The number of imidazole rings is 1. The van der Waals surface area contributed by atoms with Crippen LogP contribution in [0.5, 0.6) is 0 Å². The summed E-state index contributed by atoms with van der Waals surface area (Å²) in [5.41, 5.74) is 1.04. The van der Waals surface area contributed by atoms with E-state index < -0.39 is 5.82 Å². The van der Waals surface area contributed by atoms with Crippen LogP contribution < -0.4 is 0 Å². The van der Waals surface area contributed by atoms with E-state index in [1.165, 1.54) is 12.3 Å². The zero-order chi connectivity index (χ0) is 10.8. The molecule has 0 amide bonds. The Labute approximate surface area is 90.5 Å². The van der Waals surface area contributed by atoms with Gasteiger partial charge in [-0.3, -0.25) is 0 Å². The van der Waals surface area contributed by atoms with Crippen LogP contribution in [0.25, 0.3) is 11.4 Å². The second-order valence-electron chi connectivity index (χ2n) is 3.02. The van der Waals surface area contributed by atoms with Gasteiger partial charge < -0.3 is 10.1 Å². The summed E-state index contributed by atoms with van der Waals surface area (Å²) >= 11 is 5.78. The minimum atomic E-state index is -0.490. The number of aliphatic hydroxyl groups excluding tert-OH is 1. The van der Waals surface area contributed by atoms with Crippen molar-refractivity contribution in [3.63, 3.8) is 0 Å². The van der Waals surface area contributed by atoms with Gasteiger partial charge in [-0.1, -0.05) is 17.7 Å². The molecule has 0 atom stereocenters. The van der Waals surface area contributed by atoms with Gasteiger partial charge in [-0.25, -0.2) is 9.37 Å². The summed E-state index contributed by atoms with van der Waals surface area (Å²) in [7, 11) is 0. The van der Waals surface area contributed by atoms with E-state index in [0.717, 1.165) is 0 Å². The first-order valence-electron chi connectivity index (χ1n) is 4.31. The predicted molar refractivity (Wildman–Crippen MR) is 54.9 cm³/mol. The van der Waals surface area contributed by atoms with Crippen LogP contribution in [0.3, 0.4) is 0 Å². The van der Waals surface area contributed by atoms with Crippen molar-refractivity contribution in [2.24, 2.45) is 0 Å². The van der Waals surface area contributed by atoms with Crippen molar-refractivity contribution in [1.29, 1.82) is 0 Å². The fourth-order valence-electron chi connectivity index (χ4n) is 1.26. The lowest BCUT2D eigenvalue weighted by Crippen LogP contribution is -1.86. The summed E-state index contributed by atoms with van der Waals surface area (Å²) in [6.45, 7) is -0.139. The molecule has 0 bridgehead atoms. The van der Waals surface area contributed by atoms with E-state index in [4.69, 9.17) is 16.7 Å². The second-order valence-corrected chi connectivity index (χ2v) is 3.39. The summed E-state index contributed by atoms with van der Waals surface area (Å²) in [6, 6.07) is 4.49. The van der Waals surface area contributed by atoms with Crippen LogP contribution in [0.1, 0.15) is 5.69 Å². The highest BCUT2D eigenvalue weighted by Gasteiger charge is 2.10. The molecule has 0 fully saturated rings. The first-order chi connectivity index (χ1) is 7.22. The lowest BCUT2D eigenvalue weighted by atomic mass is 10.2. The standard InChI is InChI=1S/C10H8ClFN2O/c11-9-7(2-1-3-8(9)12)10-13-4-6(5-15)14-10/h1-4,15H,5H2,(H,13,14). The molecule has 0 saturated heterocycles. The zero-order valence-electron chi connectivity index (χ0n) is 7.67. The highest BCUT2D eigenvalue weighted by Crippen LogP contribution is 2.27. The van der Waals surface area contributed by atoms with Crippen LogP contribution in [-0.4, -0.2) is 15.1 Å². The van der Waals surface area contributed by atoms with Crippen LogP contribution >= 0.6 is 11.6 Å². The summed E-state index contributed by atoms with van der Waals surface area (Å²) in [5, 5.41) is 8.87. The van der Waals surface area contributed by atoms with Crippen molar-refractivity contribution < 1.29 is 9.50 Å². The van der Waals surface area contributed by atoms with Crippen LogP contribution in [-0.2, 0) is 6.61 Å². The Kier molecular flexibility index (Phi) is 2.70. The third-order valence-electron chi connectivity index (χ3n) is 2.01. The van der Waals surface area contributed by atoms with Crippen LogP contribution in [0.15, 0.2) is 24.4 Å². The molecule has 0 aliphatic heterocycles. The average Bonchev–Trinajstić information content (AvgIpc) is 2.70. The van der Waals surface area contributed by atoms with Gasteiger partial charge in [0.05, 0.1) is 23.5 Å². The minimum Gasteiger partial charge on any atom is -0.390 e. The molecule has 5 heteroatoms. The number of rotatable bonds is 2. The number of hydrogen-bond acceptors (Lipinski definition) is 2. The van der Waals surface area contributed by atoms with E-state index in [-0.39, 0.29) is 11.6 Å². The first-order valence-corrected chi connectivity index (χ1v) is 4.69. The molecule has 1 aromatic heterocycles. The molecular weight excluding hydrogens is 219 g/mol. The maximum Gasteiger partial charge on any atom is 0.142 e. The summed E-state index contributed by atoms with van der Waals surface area (Å²) in [4.78, 5) is 6.83. The van der Waals surface area contributed by atoms with Gasteiger partial charge in [0.15, 0.2) is 0 Å². The third-order valence-corrected chi connectivity index (χ3v) is 2.39. The molecule has 0 unspecified atom stereocenters. The molecule has 2 aromatic rings. The Hall–Kier alpha value is -1.39. The molecule has 0 aliphatic carbocycles. The van der Waals surface area contributed by atoms with Gasteiger partial charge in [0.1, 0.15) is 11.6 Å². The van der Waals surface area contributed by atoms with Gasteiger partial charge in [0.2, 0.25) is 0 Å². The Morgan fingerprint density at radius 1 is 1.47 bits per heavy atom. The number of aromatic nitrogens is 2. The molecule has 3 nitrogen and oxygen atoms in total. The fourth-order valence-corrected chi connectivity index (χ4v) is 1.48. The molecule has 1 aromatic carbocycles. The van der Waals surface area contributed by atoms with E-state index in [9.17, 15) is 4.39 Å². The summed E-state index contributed by atoms with van der Waals surface area (Å²) in [5.74, 6) is -0.0420. The molecule has 0 saturated carbocycles. The maximum atomic E-state index is 13.1. The van der Waals surface area contributed by atoms with E-state index in [1.54, 1.807) is 12.1 Å². The number of H-pyrrole nitrogens is 1. The van der Waals surface area contributed by atoms with Crippen molar-refractivity contribution in [2.75, 3.05) is 0 Å². The number of aliphatic hydroxyl groups is 1. The molecule has 0 radical (unpaired) electrons. The molecule has 1 heterocycles. The maximum absolute atomic E-state index is 13.1. The van der Waals surface area contributed by atoms with Crippen molar-refractivity contribution in [3.05, 3.63) is 40.9 Å². The van der Waals surface area contributed by atoms with E-state index in [0.29, 0.717) is 17.1 Å². The number of benzene rings is 1. The summed E-state index contributed by atoms with van der Waals surface area (Å²) < 4.78 is 13.1. The molecule has 0 aliphatic rings. The van der Waals surface area contributed by atoms with Gasteiger partial charge >= 0.3 is 0 Å². The Balaban J connectivity index is 2.49. The number of hydrogen-bond donors (Lipinski definition) is 2. The zero-order valence-corrected chi connectivity index (χ0v) is 8.42. The highest BCUT2D eigenvalue weighted by molar-refractivity contribution is 6.33. The van der Waals surface area contributed by atoms with Crippen LogP contribution in [0, 0.1) is 5.82 Å². The topological polar surface area (TPSA) is 48.9 Å². The van der Waals surface area contributed by atoms with Crippen LogP contribution in [0.4, 0.5) is 4.39 Å². The van der Waals surface area contributed by atoms with Crippen molar-refractivity contribution in [1.82, 2.24) is 9.97 Å². The fraction of sp³-hybridized carbons (Fsp3) is 0.100. The number of nitrogens with one attached hydrogen (secondary N) is 1. The van der Waals surface area contributed by atoms with Crippen molar-refractivity contribution in [2.45, 2.75) is 6.61 Å². The molecular formula is C10H8ClFN2O. The van der Waals surface area contributed by atoms with Gasteiger partial charge in [0, 0.05) is 5.56 Å². The second kappa shape index (κ2) is 4.00. The Bertz CT molecular complexity index is 484. The van der Waals surface area contributed by atoms with Crippen molar-refractivity contribution in [3.8, 4) is 11.4 Å². The average molecular weight is 227 g/mol. The normalized spacial score (nSPS) is 10.6. The Morgan fingerprint density at radius 3 is 2.93 bits per heavy atom. The first kappa shape index (κ1) is 10.1. The van der Waals surface area contributed by atoms with Crippen LogP contribution in [0.2, 0.25) is 5.02 Å². The number of halogens is 2. The lowest BCUT2D eigenvalue weighted by Gasteiger charge is -2.00. The number of nitrogens with zero attached hydrogens (tertiary/aromatic N) is 1. The third kappa shape index (κ3) is 1.86. The monoisotopic (exact) mass is 226 g/mol.